The molecule has 2 saturated heterocycles. The Morgan fingerprint density at radius 2 is 1.63 bits per heavy atom. The van der Waals surface area contributed by atoms with E-state index in [9.17, 15) is 27.2 Å². The number of carbonyl (C=O) groups is 2. The van der Waals surface area contributed by atoms with E-state index < -0.39 is 23.5 Å². The zero-order chi connectivity index (χ0) is 31.3. The zero-order valence-electron chi connectivity index (χ0n) is 24.5. The zero-order valence-corrected chi connectivity index (χ0v) is 26.9. The summed E-state index contributed by atoms with van der Waals surface area (Å²) in [6.07, 6.45) is -2.26. The quantitative estimate of drug-likeness (QED) is 0.217. The van der Waals surface area contributed by atoms with Gasteiger partial charge in [-0.25, -0.2) is 4.39 Å². The van der Waals surface area contributed by atoms with Crippen LogP contribution in [0.1, 0.15) is 61.8 Å². The van der Waals surface area contributed by atoms with E-state index in [4.69, 9.17) is 11.6 Å². The number of thiazole rings is 1. The van der Waals surface area contributed by atoms with Gasteiger partial charge in [-0.05, 0) is 19.1 Å². The Hall–Kier alpha value is -2.28. The molecule has 230 valence electrons. The average Bonchev–Trinajstić information content (AvgIpc) is 3.57. The Morgan fingerprint density at radius 3 is 2.07 bits per heavy atom. The summed E-state index contributed by atoms with van der Waals surface area (Å²) in [6.45, 7) is 17.5. The molecule has 3 aromatic rings. The van der Waals surface area contributed by atoms with Gasteiger partial charge in [0.1, 0.15) is 16.3 Å². The Morgan fingerprint density at radius 1 is 1.05 bits per heavy atom. The smallest absolute Gasteiger partial charge is 0.343 e. The van der Waals surface area contributed by atoms with Crippen LogP contribution in [0.5, 0.6) is 0 Å². The molecule has 4 heterocycles. The van der Waals surface area contributed by atoms with Crippen LogP contribution >= 0.6 is 34.3 Å². The van der Waals surface area contributed by atoms with Crippen LogP contribution in [0.4, 0.5) is 17.6 Å². The number of alkyl halides is 3. The molecule has 0 bridgehead atoms. The van der Waals surface area contributed by atoms with E-state index in [1.165, 1.54) is 11.0 Å². The Bertz CT molecular complexity index is 1210. The lowest BCUT2D eigenvalue weighted by Gasteiger charge is -2.47. The van der Waals surface area contributed by atoms with E-state index in [0.717, 1.165) is 17.5 Å². The summed E-state index contributed by atoms with van der Waals surface area (Å²) in [7, 11) is 0. The first-order chi connectivity index (χ1) is 19.6. The fraction of sp³-hybridized carbons (Fsp3) is 0.536. The number of nitrogens with zero attached hydrogens (tertiary/aromatic N) is 4. The molecular weight excluding hydrogens is 600 g/mol. The minimum Gasteiger partial charge on any atom is -0.343 e. The molecule has 1 aromatic carbocycles. The maximum absolute atomic E-state index is 13.8. The van der Waals surface area contributed by atoms with Crippen LogP contribution in [0.25, 0.3) is 10.1 Å². The topological polar surface area (TPSA) is 56.8 Å². The van der Waals surface area contributed by atoms with Crippen molar-refractivity contribution in [3.05, 3.63) is 50.0 Å². The van der Waals surface area contributed by atoms with Gasteiger partial charge in [-0.1, -0.05) is 53.1 Å². The number of rotatable bonds is 3. The molecule has 0 aliphatic carbocycles. The molecule has 0 spiro atoms. The molecule has 13 heteroatoms. The summed E-state index contributed by atoms with van der Waals surface area (Å²) >= 11 is 8.43. The van der Waals surface area contributed by atoms with Gasteiger partial charge >= 0.3 is 6.18 Å². The van der Waals surface area contributed by atoms with Crippen LogP contribution in [0.3, 0.4) is 0 Å². The first-order valence-corrected chi connectivity index (χ1v) is 15.7. The molecule has 2 amide bonds. The predicted molar refractivity (Wildman–Crippen MR) is 162 cm³/mol. The highest BCUT2D eigenvalue weighted by Gasteiger charge is 2.40. The molecule has 0 saturated carbocycles. The third-order valence-corrected chi connectivity index (χ3v) is 8.36. The molecule has 6 nitrogen and oxygen atoms in total. The summed E-state index contributed by atoms with van der Waals surface area (Å²) in [5.74, 6) is -1.84. The van der Waals surface area contributed by atoms with Gasteiger partial charge in [-0.3, -0.25) is 19.5 Å². The SMILES string of the molecule is CC.CC.CC.Cc1nccs1.O=CN1CCN(C2CN(C(=O)c3sc4c(C(F)(F)F)c(F)ccc4c3Cl)C2)CC1. The van der Waals surface area contributed by atoms with Crippen LogP contribution in [0.15, 0.2) is 23.7 Å². The number of amides is 2. The van der Waals surface area contributed by atoms with E-state index >= 15 is 0 Å². The Balaban J connectivity index is 0.000000598. The van der Waals surface area contributed by atoms with Gasteiger partial charge in [-0.2, -0.15) is 13.2 Å². The van der Waals surface area contributed by atoms with Crippen LogP contribution < -0.4 is 0 Å². The number of carbonyl (C=O) groups excluding carboxylic acids is 2. The second kappa shape index (κ2) is 17.6. The lowest BCUT2D eigenvalue weighted by atomic mass is 10.1. The highest BCUT2D eigenvalue weighted by molar-refractivity contribution is 7.21. The van der Waals surface area contributed by atoms with Gasteiger partial charge in [-0.15, -0.1) is 22.7 Å². The second-order valence-corrected chi connectivity index (χ2v) is 10.6. The number of piperazine rings is 1. The van der Waals surface area contributed by atoms with Crippen molar-refractivity contribution in [3.8, 4) is 0 Å². The molecule has 2 aliphatic rings. The molecular formula is C28H39ClF4N4O2S2. The number of aryl methyl sites for hydroxylation is 1. The number of likely N-dealkylation sites (tertiary alicyclic amines) is 1. The van der Waals surface area contributed by atoms with Crippen molar-refractivity contribution in [2.24, 2.45) is 0 Å². The fourth-order valence-corrected chi connectivity index (χ4v) is 6.07. The summed E-state index contributed by atoms with van der Waals surface area (Å²) in [4.78, 5) is 32.9. The summed E-state index contributed by atoms with van der Waals surface area (Å²) < 4.78 is 53.2. The lowest BCUT2D eigenvalue weighted by molar-refractivity contribution is -0.138. The summed E-state index contributed by atoms with van der Waals surface area (Å²) in [6, 6.07) is 2.03. The lowest BCUT2D eigenvalue weighted by Crippen LogP contribution is -2.64. The number of benzene rings is 1. The normalized spacial score (nSPS) is 15.1. The van der Waals surface area contributed by atoms with Gasteiger partial charge in [0.25, 0.3) is 5.91 Å². The summed E-state index contributed by atoms with van der Waals surface area (Å²) in [5, 5.41) is 3.05. The first-order valence-electron chi connectivity index (χ1n) is 13.7. The highest BCUT2D eigenvalue weighted by atomic mass is 35.5. The van der Waals surface area contributed by atoms with Crippen LogP contribution in [0.2, 0.25) is 5.02 Å². The van der Waals surface area contributed by atoms with Crippen molar-refractivity contribution in [1.29, 1.82) is 0 Å². The van der Waals surface area contributed by atoms with E-state index in [1.807, 2.05) is 53.8 Å². The summed E-state index contributed by atoms with van der Waals surface area (Å²) in [5.41, 5.74) is -1.39. The third-order valence-electron chi connectivity index (χ3n) is 5.94. The van der Waals surface area contributed by atoms with Crippen molar-refractivity contribution in [3.63, 3.8) is 0 Å². The van der Waals surface area contributed by atoms with Crippen molar-refractivity contribution in [2.45, 2.75) is 60.7 Å². The molecule has 41 heavy (non-hydrogen) atoms. The van der Waals surface area contributed by atoms with Crippen molar-refractivity contribution in [1.82, 2.24) is 19.7 Å². The molecule has 0 radical (unpaired) electrons. The molecule has 2 aliphatic heterocycles. The minimum absolute atomic E-state index is 0.0120. The van der Waals surface area contributed by atoms with Gasteiger partial charge in [0.05, 0.1) is 14.7 Å². The monoisotopic (exact) mass is 638 g/mol. The number of thiophene rings is 1. The fourth-order valence-electron chi connectivity index (χ4n) is 4.01. The van der Waals surface area contributed by atoms with Crippen LogP contribution in [0, 0.1) is 12.7 Å². The van der Waals surface area contributed by atoms with E-state index in [1.54, 1.807) is 22.4 Å². The van der Waals surface area contributed by atoms with E-state index in [-0.39, 0.29) is 26.0 Å². The molecule has 2 aromatic heterocycles. The minimum atomic E-state index is -4.89. The van der Waals surface area contributed by atoms with Gasteiger partial charge < -0.3 is 9.80 Å². The first kappa shape index (κ1) is 36.7. The third kappa shape index (κ3) is 9.36. The molecule has 0 unspecified atom stereocenters. The van der Waals surface area contributed by atoms with E-state index in [0.29, 0.717) is 50.6 Å². The molecule has 0 N–H and O–H groups in total. The number of hydrogen-bond acceptors (Lipinski definition) is 6. The van der Waals surface area contributed by atoms with Crippen molar-refractivity contribution in [2.75, 3.05) is 39.3 Å². The van der Waals surface area contributed by atoms with Crippen molar-refractivity contribution < 1.29 is 27.2 Å². The van der Waals surface area contributed by atoms with E-state index in [2.05, 4.69) is 9.88 Å². The van der Waals surface area contributed by atoms with Gasteiger partial charge in [0.15, 0.2) is 0 Å². The Labute approximate surface area is 252 Å². The molecule has 0 atom stereocenters. The molecule has 5 rings (SSSR count). The Kier molecular flexibility index (Phi) is 15.8. The van der Waals surface area contributed by atoms with Crippen LogP contribution in [-0.2, 0) is 11.0 Å². The maximum atomic E-state index is 13.8. The standard InChI is InChI=1S/C18H16ClF4N3O2S.C4H5NS.3C2H6/c19-14-11-1-2-12(20)13(18(21,22)23)15(11)29-16(14)17(28)26-7-10(8-26)25-5-3-24(9-27)4-6-25;1-4-5-2-3-6-4;3*1-2/h1-2,9-10H,3-8H2;2-3H,1H3;3*1-2H3. The van der Waals surface area contributed by atoms with Crippen LogP contribution in [-0.4, -0.2) is 77.3 Å². The largest absolute Gasteiger partial charge is 0.420 e. The molecule has 2 fully saturated rings. The number of aromatic nitrogens is 1. The number of fused-ring (bicyclic) bond motifs is 1. The predicted octanol–water partition coefficient (Wildman–Crippen LogP) is 7.84. The number of halogens is 5. The number of hydrogen-bond donors (Lipinski definition) is 0. The average molecular weight is 639 g/mol. The maximum Gasteiger partial charge on any atom is 0.420 e. The van der Waals surface area contributed by atoms with Gasteiger partial charge in [0.2, 0.25) is 6.41 Å². The van der Waals surface area contributed by atoms with Gasteiger partial charge in [0, 0.05) is 62.3 Å². The highest BCUT2D eigenvalue weighted by Crippen LogP contribution is 2.44. The van der Waals surface area contributed by atoms with Crippen molar-refractivity contribution >= 4 is 56.7 Å². The second-order valence-electron chi connectivity index (χ2n) is 8.13.